The first-order chi connectivity index (χ1) is 11.2. The highest BCUT2D eigenvalue weighted by atomic mass is 16.7. The van der Waals surface area contributed by atoms with Crippen LogP contribution in [0.4, 0.5) is 5.69 Å². The molecule has 6 rings (SSSR count). The molecule has 6 heteroatoms. The fraction of sp³-hybridized carbons (Fsp3) is 0.529. The lowest BCUT2D eigenvalue weighted by atomic mass is 9.73. The van der Waals surface area contributed by atoms with E-state index in [1.165, 1.54) is 25.9 Å². The van der Waals surface area contributed by atoms with Crippen molar-refractivity contribution in [2.24, 2.45) is 11.1 Å². The van der Waals surface area contributed by atoms with Crippen LogP contribution < -0.4 is 5.32 Å². The van der Waals surface area contributed by atoms with Gasteiger partial charge in [0.1, 0.15) is 0 Å². The van der Waals surface area contributed by atoms with Gasteiger partial charge in [0.2, 0.25) is 0 Å². The summed E-state index contributed by atoms with van der Waals surface area (Å²) in [6, 6.07) is 6.04. The van der Waals surface area contributed by atoms with Crippen molar-refractivity contribution in [1.29, 1.82) is 0 Å². The number of amidine groups is 1. The third-order valence-corrected chi connectivity index (χ3v) is 5.57. The van der Waals surface area contributed by atoms with Crippen molar-refractivity contribution in [1.82, 2.24) is 10.1 Å². The number of hydrogen-bond donors (Lipinski definition) is 1. The van der Waals surface area contributed by atoms with Gasteiger partial charge in [0.15, 0.2) is 17.0 Å². The highest BCUT2D eigenvalue weighted by Gasteiger charge is 2.52. The first kappa shape index (κ1) is 13.4. The van der Waals surface area contributed by atoms with Crippen LogP contribution in [0.5, 0.6) is 0 Å². The van der Waals surface area contributed by atoms with Crippen molar-refractivity contribution in [3.63, 3.8) is 0 Å². The van der Waals surface area contributed by atoms with E-state index in [1.807, 2.05) is 25.1 Å². The van der Waals surface area contributed by atoms with Crippen molar-refractivity contribution in [2.45, 2.75) is 31.8 Å². The van der Waals surface area contributed by atoms with Crippen LogP contribution in [0.2, 0.25) is 0 Å². The Balaban J connectivity index is 1.35. The molecule has 120 valence electrons. The van der Waals surface area contributed by atoms with E-state index < -0.39 is 0 Å². The summed E-state index contributed by atoms with van der Waals surface area (Å²) in [5, 5.41) is 12.8. The zero-order valence-corrected chi connectivity index (χ0v) is 13.2. The molecule has 1 atom stereocenters. The fourth-order valence-electron chi connectivity index (χ4n) is 4.30. The summed E-state index contributed by atoms with van der Waals surface area (Å²) in [6.07, 6.45) is 3.32. The SMILES string of the molecule is Cc1noc2cc(NC3=NO[C@@]4(C3)CN3CCC4CC3)ccc12. The van der Waals surface area contributed by atoms with E-state index in [2.05, 4.69) is 20.5 Å². The lowest BCUT2D eigenvalue weighted by molar-refractivity contribution is -0.136. The molecule has 0 amide bonds. The normalized spacial score (nSPS) is 32.3. The minimum Gasteiger partial charge on any atom is -0.386 e. The van der Waals surface area contributed by atoms with Crippen molar-refractivity contribution < 1.29 is 9.36 Å². The van der Waals surface area contributed by atoms with Crippen molar-refractivity contribution in [3.05, 3.63) is 23.9 Å². The van der Waals surface area contributed by atoms with Crippen molar-refractivity contribution in [2.75, 3.05) is 25.0 Å². The first-order valence-electron chi connectivity index (χ1n) is 8.32. The largest absolute Gasteiger partial charge is 0.386 e. The Morgan fingerprint density at radius 1 is 1.30 bits per heavy atom. The maximum absolute atomic E-state index is 5.94. The lowest BCUT2D eigenvalue weighted by Crippen LogP contribution is -2.59. The number of anilines is 1. The number of fused-ring (bicyclic) bond motifs is 3. The predicted octanol–water partition coefficient (Wildman–Crippen LogP) is 2.75. The summed E-state index contributed by atoms with van der Waals surface area (Å²) < 4.78 is 5.34. The van der Waals surface area contributed by atoms with Gasteiger partial charge < -0.3 is 14.7 Å². The second-order valence-electron chi connectivity index (χ2n) is 7.03. The summed E-state index contributed by atoms with van der Waals surface area (Å²) in [5.74, 6) is 1.55. The summed E-state index contributed by atoms with van der Waals surface area (Å²) in [5.41, 5.74) is 2.57. The lowest BCUT2D eigenvalue weighted by Gasteiger charge is -2.49. The Hall–Kier alpha value is -2.08. The molecule has 4 aliphatic heterocycles. The molecule has 1 spiro atoms. The smallest absolute Gasteiger partial charge is 0.169 e. The van der Waals surface area contributed by atoms with Crippen LogP contribution in [-0.2, 0) is 4.84 Å². The van der Waals surface area contributed by atoms with Gasteiger partial charge in [0.05, 0.1) is 12.1 Å². The number of aryl methyl sites for hydroxylation is 1. The quantitative estimate of drug-likeness (QED) is 0.877. The zero-order chi connectivity index (χ0) is 15.4. The van der Waals surface area contributed by atoms with Gasteiger partial charge in [-0.05, 0) is 45.0 Å². The topological polar surface area (TPSA) is 62.9 Å². The average molecular weight is 312 g/mol. The van der Waals surface area contributed by atoms with Gasteiger partial charge in [0.25, 0.3) is 0 Å². The molecule has 0 unspecified atom stereocenters. The molecule has 5 heterocycles. The molecule has 2 aromatic rings. The van der Waals surface area contributed by atoms with Crippen LogP contribution in [0, 0.1) is 12.8 Å². The van der Waals surface area contributed by atoms with E-state index >= 15 is 0 Å². The molecule has 1 N–H and O–H groups in total. The molecule has 2 bridgehead atoms. The van der Waals surface area contributed by atoms with Crippen LogP contribution in [0.25, 0.3) is 11.0 Å². The van der Waals surface area contributed by atoms with E-state index in [1.54, 1.807) is 0 Å². The monoisotopic (exact) mass is 312 g/mol. The third kappa shape index (κ3) is 2.05. The van der Waals surface area contributed by atoms with Gasteiger partial charge in [-0.25, -0.2) is 0 Å². The number of piperidine rings is 3. The third-order valence-electron chi connectivity index (χ3n) is 5.57. The number of hydrogen-bond acceptors (Lipinski definition) is 6. The van der Waals surface area contributed by atoms with Crippen molar-refractivity contribution in [3.8, 4) is 0 Å². The number of rotatable bonds is 1. The van der Waals surface area contributed by atoms with Crippen LogP contribution in [0.3, 0.4) is 0 Å². The van der Waals surface area contributed by atoms with E-state index in [4.69, 9.17) is 9.36 Å². The van der Waals surface area contributed by atoms with Gasteiger partial charge in [-0.1, -0.05) is 10.3 Å². The summed E-state index contributed by atoms with van der Waals surface area (Å²) in [7, 11) is 0. The van der Waals surface area contributed by atoms with Crippen LogP contribution in [0.1, 0.15) is 25.0 Å². The number of nitrogens with zero attached hydrogens (tertiary/aromatic N) is 3. The maximum Gasteiger partial charge on any atom is 0.169 e. The van der Waals surface area contributed by atoms with Crippen LogP contribution >= 0.6 is 0 Å². The minimum atomic E-state index is -0.105. The average Bonchev–Trinajstić information content (AvgIpc) is 3.13. The summed E-state index contributed by atoms with van der Waals surface area (Å²) >= 11 is 0. The Morgan fingerprint density at radius 2 is 2.17 bits per heavy atom. The van der Waals surface area contributed by atoms with E-state index in [9.17, 15) is 0 Å². The van der Waals surface area contributed by atoms with Gasteiger partial charge in [0, 0.05) is 29.6 Å². The Kier molecular flexibility index (Phi) is 2.74. The summed E-state index contributed by atoms with van der Waals surface area (Å²) in [6.45, 7) is 5.37. The predicted molar refractivity (Wildman–Crippen MR) is 87.4 cm³/mol. The van der Waals surface area contributed by atoms with Crippen LogP contribution in [0.15, 0.2) is 27.9 Å². The maximum atomic E-state index is 5.94. The molecular weight excluding hydrogens is 292 g/mol. The molecule has 1 aromatic heterocycles. The second-order valence-corrected chi connectivity index (χ2v) is 7.03. The van der Waals surface area contributed by atoms with E-state index in [0.717, 1.165) is 41.2 Å². The molecule has 3 fully saturated rings. The zero-order valence-electron chi connectivity index (χ0n) is 13.2. The fourth-order valence-corrected chi connectivity index (χ4v) is 4.30. The molecule has 6 nitrogen and oxygen atoms in total. The standard InChI is InChI=1S/C17H20N4O2/c1-11-14-3-2-13(8-15(14)22-19-11)18-16-9-17(23-20-16)10-21-6-4-12(17)5-7-21/h2-3,8,12H,4-7,9-10H2,1H3,(H,18,20)/t17-/m0/s1. The number of nitrogens with one attached hydrogen (secondary N) is 1. The molecule has 4 aliphatic rings. The molecule has 1 aromatic carbocycles. The minimum absolute atomic E-state index is 0.105. The van der Waals surface area contributed by atoms with Gasteiger partial charge >= 0.3 is 0 Å². The molecule has 23 heavy (non-hydrogen) atoms. The Bertz CT molecular complexity index is 791. The number of aromatic nitrogens is 1. The molecular formula is C17H20N4O2. The highest BCUT2D eigenvalue weighted by molar-refractivity contribution is 5.98. The number of benzene rings is 1. The van der Waals surface area contributed by atoms with Crippen LogP contribution in [-0.4, -0.2) is 41.1 Å². The second kappa shape index (κ2) is 4.71. The summed E-state index contributed by atoms with van der Waals surface area (Å²) in [4.78, 5) is 8.44. The molecule has 3 saturated heterocycles. The Labute approximate surface area is 134 Å². The Morgan fingerprint density at radius 3 is 2.96 bits per heavy atom. The molecule has 0 aliphatic carbocycles. The van der Waals surface area contributed by atoms with Crippen molar-refractivity contribution >= 4 is 22.5 Å². The van der Waals surface area contributed by atoms with Gasteiger partial charge in [-0.2, -0.15) is 0 Å². The molecule has 0 saturated carbocycles. The van der Waals surface area contributed by atoms with Gasteiger partial charge in [-0.3, -0.25) is 4.90 Å². The van der Waals surface area contributed by atoms with E-state index in [-0.39, 0.29) is 5.60 Å². The van der Waals surface area contributed by atoms with Gasteiger partial charge in [-0.15, -0.1) is 0 Å². The first-order valence-corrected chi connectivity index (χ1v) is 8.32. The number of oxime groups is 1. The highest BCUT2D eigenvalue weighted by Crippen LogP contribution is 2.43. The van der Waals surface area contributed by atoms with E-state index in [0.29, 0.717) is 5.92 Å². The molecule has 0 radical (unpaired) electrons.